The average molecular weight is 369 g/mol. The first kappa shape index (κ1) is 18.9. The Kier molecular flexibility index (Phi) is 6.41. The van der Waals surface area contributed by atoms with E-state index in [-0.39, 0.29) is 17.6 Å². The van der Waals surface area contributed by atoms with Gasteiger partial charge in [0.1, 0.15) is 5.82 Å². The van der Waals surface area contributed by atoms with Crippen LogP contribution in [-0.2, 0) is 4.79 Å². The van der Waals surface area contributed by atoms with E-state index in [0.29, 0.717) is 56.8 Å². The number of carbonyl (C=O) groups excluding carboxylic acids is 2. The molecule has 2 aromatic rings. The van der Waals surface area contributed by atoms with Crippen molar-refractivity contribution in [2.24, 2.45) is 0 Å². The summed E-state index contributed by atoms with van der Waals surface area (Å²) in [5.41, 5.74) is 1.21. The second-order valence-electron chi connectivity index (χ2n) is 6.54. The molecule has 0 aromatic heterocycles. The second kappa shape index (κ2) is 9.16. The molecule has 3 rings (SSSR count). The molecular formula is C21H24FN3O2. The van der Waals surface area contributed by atoms with Gasteiger partial charge in [-0.1, -0.05) is 30.3 Å². The molecule has 2 amide bonds. The Balaban J connectivity index is 1.37. The average Bonchev–Trinajstić information content (AvgIpc) is 2.72. The van der Waals surface area contributed by atoms with Crippen LogP contribution in [0.25, 0.3) is 0 Å². The third kappa shape index (κ3) is 5.06. The molecule has 0 bridgehead atoms. The van der Waals surface area contributed by atoms with E-state index in [1.807, 2.05) is 34.1 Å². The van der Waals surface area contributed by atoms with Crippen molar-refractivity contribution >= 4 is 17.5 Å². The van der Waals surface area contributed by atoms with E-state index in [9.17, 15) is 14.0 Å². The molecule has 1 fully saturated rings. The smallest absolute Gasteiger partial charge is 0.251 e. The number of hydrogen-bond donors (Lipinski definition) is 1. The predicted octanol–water partition coefficient (Wildman–Crippen LogP) is 2.68. The number of piperazine rings is 1. The highest BCUT2D eigenvalue weighted by Gasteiger charge is 2.22. The van der Waals surface area contributed by atoms with Crippen LogP contribution in [0.15, 0.2) is 54.6 Å². The number of halogens is 1. The van der Waals surface area contributed by atoms with E-state index in [1.54, 1.807) is 24.3 Å². The molecule has 1 aliphatic heterocycles. The Labute approximate surface area is 158 Å². The van der Waals surface area contributed by atoms with Crippen LogP contribution < -0.4 is 10.2 Å². The molecule has 27 heavy (non-hydrogen) atoms. The number of benzene rings is 2. The van der Waals surface area contributed by atoms with Crippen molar-refractivity contribution in [1.82, 2.24) is 10.2 Å². The Morgan fingerprint density at radius 3 is 2.30 bits per heavy atom. The highest BCUT2D eigenvalue weighted by Crippen LogP contribution is 2.20. The molecule has 5 nitrogen and oxygen atoms in total. The largest absolute Gasteiger partial charge is 0.366 e. The van der Waals surface area contributed by atoms with Gasteiger partial charge in [0.05, 0.1) is 5.69 Å². The van der Waals surface area contributed by atoms with Gasteiger partial charge in [-0.3, -0.25) is 9.59 Å². The summed E-state index contributed by atoms with van der Waals surface area (Å²) < 4.78 is 13.9. The normalized spacial score (nSPS) is 14.1. The Hall–Kier alpha value is -2.89. The molecule has 1 saturated heterocycles. The van der Waals surface area contributed by atoms with E-state index < -0.39 is 0 Å². The van der Waals surface area contributed by atoms with Gasteiger partial charge >= 0.3 is 0 Å². The van der Waals surface area contributed by atoms with Crippen molar-refractivity contribution in [3.8, 4) is 0 Å². The Bertz CT molecular complexity index is 774. The van der Waals surface area contributed by atoms with Crippen molar-refractivity contribution in [2.75, 3.05) is 37.6 Å². The minimum absolute atomic E-state index is 0.0807. The van der Waals surface area contributed by atoms with Crippen LogP contribution >= 0.6 is 0 Å². The molecular weight excluding hydrogens is 345 g/mol. The Morgan fingerprint density at radius 2 is 1.59 bits per heavy atom. The number of amides is 2. The van der Waals surface area contributed by atoms with Gasteiger partial charge in [0, 0.05) is 44.7 Å². The second-order valence-corrected chi connectivity index (χ2v) is 6.54. The lowest BCUT2D eigenvalue weighted by Crippen LogP contribution is -2.49. The summed E-state index contributed by atoms with van der Waals surface area (Å²) in [5.74, 6) is -0.273. The van der Waals surface area contributed by atoms with Crippen LogP contribution in [0.2, 0.25) is 0 Å². The fourth-order valence-electron chi connectivity index (χ4n) is 3.20. The summed E-state index contributed by atoms with van der Waals surface area (Å²) in [7, 11) is 0. The molecule has 1 heterocycles. The van der Waals surface area contributed by atoms with Gasteiger partial charge in [0.2, 0.25) is 5.91 Å². The number of rotatable bonds is 6. The van der Waals surface area contributed by atoms with Gasteiger partial charge in [-0.2, -0.15) is 0 Å². The number of anilines is 1. The van der Waals surface area contributed by atoms with Crippen LogP contribution in [0.5, 0.6) is 0 Å². The number of para-hydroxylation sites is 1. The van der Waals surface area contributed by atoms with Gasteiger partial charge in [0.25, 0.3) is 5.91 Å². The summed E-state index contributed by atoms with van der Waals surface area (Å²) in [5, 5.41) is 2.83. The van der Waals surface area contributed by atoms with Gasteiger partial charge < -0.3 is 15.1 Å². The minimum atomic E-state index is -0.230. The van der Waals surface area contributed by atoms with E-state index >= 15 is 0 Å². The van der Waals surface area contributed by atoms with Gasteiger partial charge in [-0.05, 0) is 30.7 Å². The molecule has 2 aromatic carbocycles. The molecule has 0 atom stereocenters. The Morgan fingerprint density at radius 1 is 0.926 bits per heavy atom. The molecule has 0 spiro atoms. The maximum Gasteiger partial charge on any atom is 0.251 e. The van der Waals surface area contributed by atoms with Crippen LogP contribution in [0.4, 0.5) is 10.1 Å². The molecule has 0 aliphatic carbocycles. The molecule has 0 unspecified atom stereocenters. The summed E-state index contributed by atoms with van der Waals surface area (Å²) >= 11 is 0. The van der Waals surface area contributed by atoms with Gasteiger partial charge in [-0.15, -0.1) is 0 Å². The maximum absolute atomic E-state index is 13.9. The van der Waals surface area contributed by atoms with Crippen molar-refractivity contribution in [3.05, 3.63) is 66.0 Å². The first-order chi connectivity index (χ1) is 13.1. The van der Waals surface area contributed by atoms with Crippen molar-refractivity contribution < 1.29 is 14.0 Å². The van der Waals surface area contributed by atoms with Crippen LogP contribution in [0.1, 0.15) is 23.2 Å². The molecule has 1 aliphatic rings. The lowest BCUT2D eigenvalue weighted by molar-refractivity contribution is -0.131. The topological polar surface area (TPSA) is 52.7 Å². The quantitative estimate of drug-likeness (QED) is 0.797. The van der Waals surface area contributed by atoms with E-state index in [1.165, 1.54) is 6.07 Å². The van der Waals surface area contributed by atoms with Gasteiger partial charge in [-0.25, -0.2) is 4.39 Å². The highest BCUT2D eigenvalue weighted by molar-refractivity contribution is 5.94. The number of hydrogen-bond acceptors (Lipinski definition) is 3. The lowest BCUT2D eigenvalue weighted by Gasteiger charge is -2.36. The number of nitrogens with one attached hydrogen (secondary N) is 1. The summed E-state index contributed by atoms with van der Waals surface area (Å²) in [6.45, 7) is 2.89. The third-order valence-electron chi connectivity index (χ3n) is 4.71. The first-order valence-corrected chi connectivity index (χ1v) is 9.25. The zero-order chi connectivity index (χ0) is 19.1. The maximum atomic E-state index is 13.9. The fraction of sp³-hybridized carbons (Fsp3) is 0.333. The minimum Gasteiger partial charge on any atom is -0.366 e. The molecule has 1 N–H and O–H groups in total. The van der Waals surface area contributed by atoms with E-state index in [2.05, 4.69) is 5.32 Å². The van der Waals surface area contributed by atoms with E-state index in [0.717, 1.165) is 0 Å². The fourth-order valence-corrected chi connectivity index (χ4v) is 3.20. The number of nitrogens with zero attached hydrogens (tertiary/aromatic N) is 2. The first-order valence-electron chi connectivity index (χ1n) is 9.25. The summed E-state index contributed by atoms with van der Waals surface area (Å²) in [6.07, 6.45) is 1.000. The molecule has 0 radical (unpaired) electrons. The molecule has 6 heteroatoms. The lowest BCUT2D eigenvalue weighted by atomic mass is 10.2. The summed E-state index contributed by atoms with van der Waals surface area (Å²) in [6, 6.07) is 15.7. The van der Waals surface area contributed by atoms with Crippen LogP contribution in [0.3, 0.4) is 0 Å². The third-order valence-corrected chi connectivity index (χ3v) is 4.71. The van der Waals surface area contributed by atoms with Gasteiger partial charge in [0.15, 0.2) is 0 Å². The van der Waals surface area contributed by atoms with Crippen molar-refractivity contribution in [2.45, 2.75) is 12.8 Å². The monoisotopic (exact) mass is 369 g/mol. The van der Waals surface area contributed by atoms with Crippen molar-refractivity contribution in [3.63, 3.8) is 0 Å². The zero-order valence-corrected chi connectivity index (χ0v) is 15.2. The zero-order valence-electron chi connectivity index (χ0n) is 15.2. The standard InChI is InChI=1S/C21H24FN3O2/c22-18-9-4-5-10-19(18)24-13-15-25(16-14-24)20(26)11-6-12-23-21(27)17-7-2-1-3-8-17/h1-5,7-10H,6,11-16H2,(H,23,27). The number of carbonyl (C=O) groups is 2. The summed E-state index contributed by atoms with van der Waals surface area (Å²) in [4.78, 5) is 28.1. The molecule has 0 saturated carbocycles. The van der Waals surface area contributed by atoms with Crippen molar-refractivity contribution in [1.29, 1.82) is 0 Å². The molecule has 142 valence electrons. The van der Waals surface area contributed by atoms with Crippen LogP contribution in [-0.4, -0.2) is 49.4 Å². The SMILES string of the molecule is O=C(NCCCC(=O)N1CCN(c2ccccc2F)CC1)c1ccccc1. The highest BCUT2D eigenvalue weighted by atomic mass is 19.1. The van der Waals surface area contributed by atoms with Crippen LogP contribution in [0, 0.1) is 5.82 Å². The predicted molar refractivity (Wildman–Crippen MR) is 103 cm³/mol. The van der Waals surface area contributed by atoms with E-state index in [4.69, 9.17) is 0 Å².